The van der Waals surface area contributed by atoms with Gasteiger partial charge in [0.15, 0.2) is 5.69 Å². The first-order valence-corrected chi connectivity index (χ1v) is 11.6. The standard InChI is InChI=1S/C22H15ClF3N3O2S2/c1-2-31-19(30)16-12-27-29(18(16)22(24,25)26)21-28-17(13-6-4-3-5-7-13)20(33-21)32-15-10-8-14(23)9-11-15/h3-12H,2H2,1H3. The van der Waals surface area contributed by atoms with Gasteiger partial charge in [-0.3, -0.25) is 0 Å². The molecule has 0 aliphatic heterocycles. The van der Waals surface area contributed by atoms with Crippen molar-refractivity contribution < 1.29 is 22.7 Å². The molecule has 2 aromatic heterocycles. The number of hydrogen-bond acceptors (Lipinski definition) is 6. The Morgan fingerprint density at radius 1 is 1.15 bits per heavy atom. The molecule has 0 atom stereocenters. The number of rotatable bonds is 6. The van der Waals surface area contributed by atoms with Gasteiger partial charge in [-0.15, -0.1) is 0 Å². The predicted molar refractivity (Wildman–Crippen MR) is 121 cm³/mol. The lowest BCUT2D eigenvalue weighted by atomic mass is 10.2. The van der Waals surface area contributed by atoms with Crippen LogP contribution in [0.5, 0.6) is 0 Å². The van der Waals surface area contributed by atoms with Crippen molar-refractivity contribution in [3.05, 3.63) is 77.1 Å². The molecule has 0 fully saturated rings. The number of benzene rings is 2. The predicted octanol–water partition coefficient (Wildman–Crippen LogP) is 7.00. The van der Waals surface area contributed by atoms with Gasteiger partial charge in [0, 0.05) is 15.5 Å². The third kappa shape index (κ3) is 5.07. The van der Waals surface area contributed by atoms with Gasteiger partial charge in [0.1, 0.15) is 5.56 Å². The SMILES string of the molecule is CCOC(=O)c1cnn(-c2nc(-c3ccccc3)c(Sc3ccc(Cl)cc3)s2)c1C(F)(F)F. The fourth-order valence-electron chi connectivity index (χ4n) is 2.97. The van der Waals surface area contributed by atoms with Crippen LogP contribution in [0.1, 0.15) is 23.0 Å². The van der Waals surface area contributed by atoms with E-state index in [9.17, 15) is 18.0 Å². The van der Waals surface area contributed by atoms with Gasteiger partial charge in [-0.05, 0) is 31.2 Å². The maximum absolute atomic E-state index is 13.9. The highest BCUT2D eigenvalue weighted by Crippen LogP contribution is 2.43. The van der Waals surface area contributed by atoms with Crippen LogP contribution in [0.4, 0.5) is 13.2 Å². The molecule has 11 heteroatoms. The zero-order chi connectivity index (χ0) is 23.6. The summed E-state index contributed by atoms with van der Waals surface area (Å²) in [6.07, 6.45) is -3.99. The number of carbonyl (C=O) groups excluding carboxylic acids is 1. The van der Waals surface area contributed by atoms with Gasteiger partial charge in [0.05, 0.1) is 22.7 Å². The highest BCUT2D eigenvalue weighted by molar-refractivity contribution is 8.01. The Hall–Kier alpha value is -2.82. The number of alkyl halides is 3. The number of thiazole rings is 1. The van der Waals surface area contributed by atoms with Crippen molar-refractivity contribution in [1.29, 1.82) is 0 Å². The summed E-state index contributed by atoms with van der Waals surface area (Å²) < 4.78 is 47.9. The van der Waals surface area contributed by atoms with Crippen molar-refractivity contribution in [3.63, 3.8) is 0 Å². The van der Waals surface area contributed by atoms with Gasteiger partial charge in [0.2, 0.25) is 5.13 Å². The molecule has 5 nitrogen and oxygen atoms in total. The number of hydrogen-bond donors (Lipinski definition) is 0. The number of halogens is 4. The molecule has 0 N–H and O–H groups in total. The van der Waals surface area contributed by atoms with Crippen molar-refractivity contribution >= 4 is 40.7 Å². The van der Waals surface area contributed by atoms with Crippen molar-refractivity contribution in [1.82, 2.24) is 14.8 Å². The molecule has 2 heterocycles. The molecular formula is C22H15ClF3N3O2S2. The molecule has 2 aromatic carbocycles. The summed E-state index contributed by atoms with van der Waals surface area (Å²) in [5, 5.41) is 4.39. The van der Waals surface area contributed by atoms with E-state index < -0.39 is 23.4 Å². The average molecular weight is 510 g/mol. The quantitative estimate of drug-likeness (QED) is 0.262. The lowest BCUT2D eigenvalue weighted by Gasteiger charge is -2.10. The van der Waals surface area contributed by atoms with Gasteiger partial charge >= 0.3 is 12.1 Å². The van der Waals surface area contributed by atoms with E-state index in [0.717, 1.165) is 28.0 Å². The molecule has 170 valence electrons. The second-order valence-corrected chi connectivity index (χ2v) is 9.35. The van der Waals surface area contributed by atoms with Crippen LogP contribution >= 0.6 is 34.7 Å². The molecule has 0 aliphatic rings. The van der Waals surface area contributed by atoms with E-state index in [1.54, 1.807) is 12.1 Å². The van der Waals surface area contributed by atoms with E-state index >= 15 is 0 Å². The van der Waals surface area contributed by atoms with E-state index in [1.165, 1.54) is 18.7 Å². The first kappa shape index (κ1) is 23.3. The topological polar surface area (TPSA) is 57.0 Å². The van der Waals surface area contributed by atoms with Crippen molar-refractivity contribution in [2.75, 3.05) is 6.61 Å². The monoisotopic (exact) mass is 509 g/mol. The summed E-state index contributed by atoms with van der Waals surface area (Å²) >= 11 is 8.36. The van der Waals surface area contributed by atoms with Crippen molar-refractivity contribution in [2.45, 2.75) is 22.2 Å². The number of carbonyl (C=O) groups is 1. The molecular weight excluding hydrogens is 495 g/mol. The Kier molecular flexibility index (Phi) is 6.78. The maximum atomic E-state index is 13.9. The Morgan fingerprint density at radius 2 is 1.85 bits per heavy atom. The second kappa shape index (κ2) is 9.58. The molecule has 0 bridgehead atoms. The second-order valence-electron chi connectivity index (χ2n) is 6.59. The maximum Gasteiger partial charge on any atom is 0.434 e. The number of ether oxygens (including phenoxy) is 1. The molecule has 4 aromatic rings. The van der Waals surface area contributed by atoms with E-state index in [0.29, 0.717) is 19.6 Å². The van der Waals surface area contributed by atoms with Crippen LogP contribution in [0, 0.1) is 0 Å². The summed E-state index contributed by atoms with van der Waals surface area (Å²) in [6.45, 7) is 1.46. The van der Waals surface area contributed by atoms with E-state index in [2.05, 4.69) is 10.1 Å². The first-order chi connectivity index (χ1) is 15.8. The Labute approximate surface area is 200 Å². The van der Waals surface area contributed by atoms with Gasteiger partial charge < -0.3 is 4.74 Å². The number of nitrogens with zero attached hydrogens (tertiary/aromatic N) is 3. The average Bonchev–Trinajstić information content (AvgIpc) is 3.41. The normalized spacial score (nSPS) is 11.5. The molecule has 0 saturated heterocycles. The largest absolute Gasteiger partial charge is 0.462 e. The molecule has 0 saturated carbocycles. The fraction of sp³-hybridized carbons (Fsp3) is 0.136. The Morgan fingerprint density at radius 3 is 2.48 bits per heavy atom. The first-order valence-electron chi connectivity index (χ1n) is 9.60. The lowest BCUT2D eigenvalue weighted by Crippen LogP contribution is -2.18. The molecule has 4 rings (SSSR count). The minimum absolute atomic E-state index is 0.0202. The molecule has 0 radical (unpaired) electrons. The third-order valence-electron chi connectivity index (χ3n) is 4.37. The minimum atomic E-state index is -4.85. The van der Waals surface area contributed by atoms with Crippen molar-refractivity contribution in [3.8, 4) is 16.4 Å². The highest BCUT2D eigenvalue weighted by atomic mass is 35.5. The van der Waals surface area contributed by atoms with Crippen LogP contribution < -0.4 is 0 Å². The summed E-state index contributed by atoms with van der Waals surface area (Å²) in [4.78, 5) is 17.4. The zero-order valence-corrected chi connectivity index (χ0v) is 19.4. The Bertz CT molecular complexity index is 1270. The fourth-order valence-corrected chi connectivity index (χ4v) is 5.31. The van der Waals surface area contributed by atoms with Gasteiger partial charge in [-0.1, -0.05) is 65.0 Å². The summed E-state index contributed by atoms with van der Waals surface area (Å²) in [7, 11) is 0. The van der Waals surface area contributed by atoms with Crippen LogP contribution in [-0.2, 0) is 10.9 Å². The summed E-state index contributed by atoms with van der Waals surface area (Å²) in [6, 6.07) is 16.2. The van der Waals surface area contributed by atoms with Crippen LogP contribution in [0.2, 0.25) is 5.02 Å². The lowest BCUT2D eigenvalue weighted by molar-refractivity contribution is -0.143. The molecule has 0 spiro atoms. The van der Waals surface area contributed by atoms with Crippen LogP contribution in [0.3, 0.4) is 0 Å². The Balaban J connectivity index is 1.84. The van der Waals surface area contributed by atoms with Crippen LogP contribution in [0.25, 0.3) is 16.4 Å². The number of esters is 1. The minimum Gasteiger partial charge on any atom is -0.462 e. The molecule has 33 heavy (non-hydrogen) atoms. The molecule has 0 aliphatic carbocycles. The molecule has 0 amide bonds. The zero-order valence-electron chi connectivity index (χ0n) is 17.0. The smallest absolute Gasteiger partial charge is 0.434 e. The van der Waals surface area contributed by atoms with Crippen LogP contribution in [-0.4, -0.2) is 27.3 Å². The summed E-state index contributed by atoms with van der Waals surface area (Å²) in [5.41, 5.74) is -0.635. The van der Waals surface area contributed by atoms with Gasteiger partial charge in [-0.25, -0.2) is 14.5 Å². The van der Waals surface area contributed by atoms with E-state index in [1.807, 2.05) is 42.5 Å². The summed E-state index contributed by atoms with van der Waals surface area (Å²) in [5.74, 6) is -1.09. The third-order valence-corrected chi connectivity index (χ3v) is 6.83. The van der Waals surface area contributed by atoms with Gasteiger partial charge in [-0.2, -0.15) is 18.3 Å². The van der Waals surface area contributed by atoms with Gasteiger partial charge in [0.25, 0.3) is 0 Å². The van der Waals surface area contributed by atoms with E-state index in [4.69, 9.17) is 16.3 Å². The number of aromatic nitrogens is 3. The van der Waals surface area contributed by atoms with E-state index in [-0.39, 0.29) is 11.7 Å². The highest BCUT2D eigenvalue weighted by Gasteiger charge is 2.42. The van der Waals surface area contributed by atoms with Crippen molar-refractivity contribution in [2.24, 2.45) is 0 Å². The van der Waals surface area contributed by atoms with Crippen LogP contribution in [0.15, 0.2) is 69.9 Å². The molecule has 0 unspecified atom stereocenters.